The molecule has 2 saturated heterocycles. The van der Waals surface area contributed by atoms with Crippen LogP contribution >= 0.6 is 11.6 Å². The molecule has 2 aromatic carbocycles. The van der Waals surface area contributed by atoms with Crippen LogP contribution in [-0.2, 0) is 4.74 Å². The van der Waals surface area contributed by atoms with E-state index in [0.717, 1.165) is 84.6 Å². The topological polar surface area (TPSA) is 50.6 Å². The molecule has 2 fully saturated rings. The average molecular weight is 491 g/mol. The predicted octanol–water partition coefficient (Wildman–Crippen LogP) is 4.86. The minimum atomic E-state index is 0.0841. The van der Waals surface area contributed by atoms with E-state index in [1.54, 1.807) is 0 Å². The van der Waals surface area contributed by atoms with Crippen LogP contribution in [0.3, 0.4) is 0 Å². The highest BCUT2D eigenvalue weighted by Gasteiger charge is 2.33. The summed E-state index contributed by atoms with van der Waals surface area (Å²) in [7, 11) is 0. The third-order valence-corrected chi connectivity index (χ3v) is 7.22. The van der Waals surface area contributed by atoms with E-state index in [4.69, 9.17) is 21.4 Å². The molecule has 1 amide bonds. The molecule has 0 saturated carbocycles. The van der Waals surface area contributed by atoms with E-state index in [1.165, 1.54) is 0 Å². The molecule has 2 aliphatic heterocycles. The summed E-state index contributed by atoms with van der Waals surface area (Å²) in [5, 5.41) is 5.48. The Morgan fingerprint density at radius 3 is 2.54 bits per heavy atom. The summed E-state index contributed by atoms with van der Waals surface area (Å²) in [5.74, 6) is 0.0841. The van der Waals surface area contributed by atoms with E-state index in [0.29, 0.717) is 6.04 Å². The lowest BCUT2D eigenvalue weighted by Gasteiger charge is -2.32. The van der Waals surface area contributed by atoms with Gasteiger partial charge in [0.1, 0.15) is 0 Å². The molecule has 35 heavy (non-hydrogen) atoms. The van der Waals surface area contributed by atoms with Crippen LogP contribution in [-0.4, -0.2) is 70.9 Å². The number of ether oxygens (including phenoxy) is 1. The molecule has 5 rings (SSSR count). The number of hydrogen-bond acceptors (Lipinski definition) is 4. The van der Waals surface area contributed by atoms with Gasteiger partial charge in [-0.2, -0.15) is 5.10 Å². The van der Waals surface area contributed by atoms with Crippen LogP contribution < -0.4 is 0 Å². The Balaban J connectivity index is 1.33. The van der Waals surface area contributed by atoms with Gasteiger partial charge in [-0.25, -0.2) is 4.68 Å². The molecule has 7 heteroatoms. The highest BCUT2D eigenvalue weighted by atomic mass is 35.5. The Kier molecular flexibility index (Phi) is 7.04. The van der Waals surface area contributed by atoms with Gasteiger partial charge < -0.3 is 9.64 Å². The maximum Gasteiger partial charge on any atom is 0.257 e. The van der Waals surface area contributed by atoms with E-state index in [9.17, 15) is 4.79 Å². The van der Waals surface area contributed by atoms with Crippen molar-refractivity contribution < 1.29 is 9.53 Å². The molecule has 3 aromatic rings. The van der Waals surface area contributed by atoms with Crippen molar-refractivity contribution in [1.29, 1.82) is 0 Å². The second-order valence-electron chi connectivity index (χ2n) is 9.28. The van der Waals surface area contributed by atoms with E-state index in [2.05, 4.69) is 29.2 Å². The highest BCUT2D eigenvalue weighted by Crippen LogP contribution is 2.24. The second kappa shape index (κ2) is 10.4. The summed E-state index contributed by atoms with van der Waals surface area (Å²) in [6, 6.07) is 16.4. The van der Waals surface area contributed by atoms with Crippen molar-refractivity contribution in [2.24, 2.45) is 0 Å². The van der Waals surface area contributed by atoms with Crippen LogP contribution in [0.1, 0.15) is 39.3 Å². The van der Waals surface area contributed by atoms with Crippen LogP contribution in [0.15, 0.2) is 48.5 Å². The van der Waals surface area contributed by atoms with Crippen LogP contribution in [0.2, 0.25) is 5.02 Å². The fourth-order valence-corrected chi connectivity index (χ4v) is 5.18. The van der Waals surface area contributed by atoms with Crippen molar-refractivity contribution in [3.63, 3.8) is 0 Å². The number of hydrogen-bond donors (Lipinski definition) is 0. The van der Waals surface area contributed by atoms with Crippen molar-refractivity contribution in [1.82, 2.24) is 19.6 Å². The normalized spacial score (nSPS) is 19.1. The van der Waals surface area contributed by atoms with Gasteiger partial charge in [0.05, 0.1) is 35.9 Å². The maximum absolute atomic E-state index is 13.5. The Bertz CT molecular complexity index is 1230. The first kappa shape index (κ1) is 23.8. The summed E-state index contributed by atoms with van der Waals surface area (Å²) in [4.78, 5) is 18.0. The summed E-state index contributed by atoms with van der Waals surface area (Å²) in [6.45, 7) is 8.93. The van der Waals surface area contributed by atoms with E-state index in [-0.39, 0.29) is 5.91 Å². The van der Waals surface area contributed by atoms with Crippen molar-refractivity contribution in [3.8, 4) is 5.69 Å². The van der Waals surface area contributed by atoms with Gasteiger partial charge in [0.25, 0.3) is 5.91 Å². The molecule has 2 aliphatic rings. The summed E-state index contributed by atoms with van der Waals surface area (Å²) >= 11 is 5.99. The number of likely N-dealkylation sites (tertiary alicyclic amines) is 1. The standard InChI is InChI=1S/C28H31ClN4O2/c1-20-27(28(34)32-13-12-26(19-32)31-14-16-35-17-15-31)21(2)33(30-20)25-5-3-4-23(18-25)7-6-22-8-10-24(29)11-9-22/h3-11,18,26H,12-17,19H2,1-2H3/b7-6+/t26-/m1/s1. The fraction of sp³-hybridized carbons (Fsp3) is 0.357. The first-order valence-electron chi connectivity index (χ1n) is 12.2. The van der Waals surface area contributed by atoms with Crippen molar-refractivity contribution >= 4 is 29.7 Å². The maximum atomic E-state index is 13.5. The van der Waals surface area contributed by atoms with Crippen LogP contribution in [0.25, 0.3) is 17.8 Å². The number of carbonyl (C=O) groups excluding carboxylic acids is 1. The third kappa shape index (κ3) is 5.20. The fourth-order valence-electron chi connectivity index (χ4n) is 5.06. The van der Waals surface area contributed by atoms with E-state index in [1.807, 2.05) is 59.8 Å². The average Bonchev–Trinajstić information content (AvgIpc) is 3.49. The van der Waals surface area contributed by atoms with Gasteiger partial charge in [0.15, 0.2) is 0 Å². The number of aryl methyl sites for hydroxylation is 1. The summed E-state index contributed by atoms with van der Waals surface area (Å²) in [6.07, 6.45) is 5.14. The molecular weight excluding hydrogens is 460 g/mol. The van der Waals surface area contributed by atoms with Crippen LogP contribution in [0.4, 0.5) is 0 Å². The molecule has 0 spiro atoms. The monoisotopic (exact) mass is 490 g/mol. The van der Waals surface area contributed by atoms with Gasteiger partial charge in [-0.3, -0.25) is 9.69 Å². The van der Waals surface area contributed by atoms with Crippen molar-refractivity contribution in [2.45, 2.75) is 26.3 Å². The van der Waals surface area contributed by atoms with Gasteiger partial charge in [0, 0.05) is 37.2 Å². The number of rotatable bonds is 5. The van der Waals surface area contributed by atoms with Gasteiger partial charge in [0.2, 0.25) is 0 Å². The number of benzene rings is 2. The first-order chi connectivity index (χ1) is 17.0. The Morgan fingerprint density at radius 2 is 1.77 bits per heavy atom. The number of halogens is 1. The molecule has 182 valence electrons. The molecule has 0 N–H and O–H groups in total. The third-order valence-electron chi connectivity index (χ3n) is 6.97. The minimum absolute atomic E-state index is 0.0841. The largest absolute Gasteiger partial charge is 0.379 e. The van der Waals surface area contributed by atoms with E-state index >= 15 is 0 Å². The molecule has 0 radical (unpaired) electrons. The molecule has 1 aromatic heterocycles. The SMILES string of the molecule is Cc1nn(-c2cccc(/C=C/c3ccc(Cl)cc3)c2)c(C)c1C(=O)N1CC[C@@H](N2CCOCC2)C1. The van der Waals surface area contributed by atoms with Crippen LogP contribution in [0.5, 0.6) is 0 Å². The lowest BCUT2D eigenvalue weighted by Crippen LogP contribution is -2.45. The molecule has 6 nitrogen and oxygen atoms in total. The lowest BCUT2D eigenvalue weighted by molar-refractivity contribution is 0.0185. The van der Waals surface area contributed by atoms with E-state index < -0.39 is 0 Å². The van der Waals surface area contributed by atoms with Crippen molar-refractivity contribution in [2.75, 3.05) is 39.4 Å². The Hall–Kier alpha value is -2.93. The smallest absolute Gasteiger partial charge is 0.257 e. The Labute approximate surface area is 211 Å². The molecule has 0 unspecified atom stereocenters. The zero-order valence-corrected chi connectivity index (χ0v) is 21.0. The number of morpholine rings is 1. The quantitative estimate of drug-likeness (QED) is 0.479. The summed E-state index contributed by atoms with van der Waals surface area (Å²) < 4.78 is 7.37. The van der Waals surface area contributed by atoms with Gasteiger partial charge in [-0.05, 0) is 55.7 Å². The number of carbonyl (C=O) groups is 1. The van der Waals surface area contributed by atoms with Crippen LogP contribution in [0, 0.1) is 13.8 Å². The second-order valence-corrected chi connectivity index (χ2v) is 9.72. The number of amides is 1. The molecule has 3 heterocycles. The highest BCUT2D eigenvalue weighted by molar-refractivity contribution is 6.30. The Morgan fingerprint density at radius 1 is 1.03 bits per heavy atom. The molecule has 1 atom stereocenters. The van der Waals surface area contributed by atoms with Gasteiger partial charge >= 0.3 is 0 Å². The van der Waals surface area contributed by atoms with Gasteiger partial charge in [-0.15, -0.1) is 0 Å². The zero-order valence-electron chi connectivity index (χ0n) is 20.3. The predicted molar refractivity (Wildman–Crippen MR) is 140 cm³/mol. The molecule has 0 aliphatic carbocycles. The summed E-state index contributed by atoms with van der Waals surface area (Å²) in [5.41, 5.74) is 5.45. The number of nitrogens with zero attached hydrogens (tertiary/aromatic N) is 4. The minimum Gasteiger partial charge on any atom is -0.379 e. The van der Waals surface area contributed by atoms with Crippen molar-refractivity contribution in [3.05, 3.63) is 81.6 Å². The number of aromatic nitrogens is 2. The zero-order chi connectivity index (χ0) is 24.4. The lowest BCUT2D eigenvalue weighted by atomic mass is 10.1. The first-order valence-corrected chi connectivity index (χ1v) is 12.6. The van der Waals surface area contributed by atoms with Gasteiger partial charge in [-0.1, -0.05) is 48.0 Å². The molecule has 0 bridgehead atoms. The molecular formula is C28H31ClN4O2.